The number of rotatable bonds is 7. The minimum atomic E-state index is -0.217. The first-order chi connectivity index (χ1) is 14.6. The summed E-state index contributed by atoms with van der Waals surface area (Å²) in [5.74, 6) is 0.449. The van der Waals surface area contributed by atoms with Crippen molar-refractivity contribution >= 4 is 38.3 Å². The number of carbonyl (C=O) groups excluding carboxylic acids is 1. The monoisotopic (exact) mass is 484 g/mol. The predicted molar refractivity (Wildman–Crippen MR) is 126 cm³/mol. The van der Waals surface area contributed by atoms with Gasteiger partial charge in [-0.2, -0.15) is 0 Å². The molecular weight excluding hydrogens is 460 g/mol. The van der Waals surface area contributed by atoms with Crippen molar-refractivity contribution in [2.45, 2.75) is 45.4 Å². The van der Waals surface area contributed by atoms with Gasteiger partial charge >= 0.3 is 0 Å². The number of benzene rings is 2. The van der Waals surface area contributed by atoms with Crippen LogP contribution >= 0.6 is 27.3 Å². The smallest absolute Gasteiger partial charge is 0.264 e. The molecule has 1 aliphatic rings. The van der Waals surface area contributed by atoms with E-state index in [4.69, 9.17) is 4.74 Å². The minimum Gasteiger partial charge on any atom is -0.483 e. The summed E-state index contributed by atoms with van der Waals surface area (Å²) in [6.45, 7) is 2.10. The Morgan fingerprint density at radius 1 is 1.17 bits per heavy atom. The molecule has 0 fully saturated rings. The van der Waals surface area contributed by atoms with E-state index in [1.165, 1.54) is 47.3 Å². The number of aryl methyl sites for hydroxylation is 3. The molecule has 0 saturated heterocycles. The molecule has 1 amide bonds. The van der Waals surface area contributed by atoms with Crippen LogP contribution in [0.15, 0.2) is 46.3 Å². The van der Waals surface area contributed by atoms with Crippen LogP contribution in [0.25, 0.3) is 11.3 Å². The second kappa shape index (κ2) is 9.75. The first-order valence-corrected chi connectivity index (χ1v) is 12.1. The van der Waals surface area contributed by atoms with Crippen LogP contribution in [0.1, 0.15) is 42.9 Å². The van der Waals surface area contributed by atoms with Crippen LogP contribution in [0, 0.1) is 0 Å². The fourth-order valence-electron chi connectivity index (χ4n) is 3.76. The van der Waals surface area contributed by atoms with Crippen LogP contribution in [-0.4, -0.2) is 17.5 Å². The van der Waals surface area contributed by atoms with E-state index < -0.39 is 0 Å². The molecule has 2 aromatic carbocycles. The van der Waals surface area contributed by atoms with Crippen molar-refractivity contribution in [2.75, 3.05) is 11.9 Å². The van der Waals surface area contributed by atoms with Crippen LogP contribution < -0.4 is 10.1 Å². The van der Waals surface area contributed by atoms with Gasteiger partial charge in [0.2, 0.25) is 0 Å². The van der Waals surface area contributed by atoms with E-state index in [1.807, 2.05) is 23.6 Å². The highest BCUT2D eigenvalue weighted by atomic mass is 79.9. The number of halogens is 1. The summed E-state index contributed by atoms with van der Waals surface area (Å²) in [6, 6.07) is 12.6. The lowest BCUT2D eigenvalue weighted by Crippen LogP contribution is -2.20. The second-order valence-electron chi connectivity index (χ2n) is 7.58. The molecule has 3 aromatic rings. The molecule has 4 nitrogen and oxygen atoms in total. The summed E-state index contributed by atoms with van der Waals surface area (Å²) in [4.78, 5) is 16.9. The van der Waals surface area contributed by atoms with E-state index >= 15 is 0 Å². The van der Waals surface area contributed by atoms with Gasteiger partial charge in [0.1, 0.15) is 5.75 Å². The van der Waals surface area contributed by atoms with Gasteiger partial charge in [0.05, 0.1) is 10.2 Å². The van der Waals surface area contributed by atoms with E-state index in [0.717, 1.165) is 35.0 Å². The van der Waals surface area contributed by atoms with Crippen molar-refractivity contribution in [3.8, 4) is 17.0 Å². The maximum Gasteiger partial charge on any atom is 0.264 e. The van der Waals surface area contributed by atoms with Crippen molar-refractivity contribution in [3.05, 3.63) is 62.9 Å². The number of nitrogens with zero attached hydrogens (tertiary/aromatic N) is 1. The van der Waals surface area contributed by atoms with Gasteiger partial charge < -0.3 is 4.74 Å². The van der Waals surface area contributed by atoms with Crippen molar-refractivity contribution < 1.29 is 9.53 Å². The largest absolute Gasteiger partial charge is 0.483 e. The Morgan fingerprint density at radius 3 is 2.80 bits per heavy atom. The average molecular weight is 485 g/mol. The Bertz CT molecular complexity index is 1050. The highest BCUT2D eigenvalue weighted by molar-refractivity contribution is 9.10. The molecule has 1 heterocycles. The summed E-state index contributed by atoms with van der Waals surface area (Å²) in [5, 5.41) is 5.43. The number of hydrogen-bond acceptors (Lipinski definition) is 4. The van der Waals surface area contributed by atoms with E-state index in [-0.39, 0.29) is 12.5 Å². The summed E-state index contributed by atoms with van der Waals surface area (Å²) < 4.78 is 6.54. The Balaban J connectivity index is 1.35. The first kappa shape index (κ1) is 21.1. The Morgan fingerprint density at radius 2 is 2.00 bits per heavy atom. The van der Waals surface area contributed by atoms with E-state index in [1.54, 1.807) is 0 Å². The van der Waals surface area contributed by atoms with Gasteiger partial charge in [-0.3, -0.25) is 10.1 Å². The lowest BCUT2D eigenvalue weighted by molar-refractivity contribution is -0.118. The molecule has 156 valence electrons. The number of carbonyl (C=O) groups is 1. The molecule has 0 bridgehead atoms. The van der Waals surface area contributed by atoms with Crippen LogP contribution in [-0.2, 0) is 24.1 Å². The van der Waals surface area contributed by atoms with Crippen molar-refractivity contribution in [1.29, 1.82) is 0 Å². The number of ether oxygens (including phenoxy) is 1. The molecule has 1 aliphatic carbocycles. The molecule has 4 rings (SSSR count). The quantitative estimate of drug-likeness (QED) is 0.420. The van der Waals surface area contributed by atoms with Gasteiger partial charge in [-0.05, 0) is 82.9 Å². The molecule has 30 heavy (non-hydrogen) atoms. The van der Waals surface area contributed by atoms with Crippen molar-refractivity contribution in [2.24, 2.45) is 0 Å². The SMILES string of the molecule is CCCc1ccc(OCC(=O)Nc2nc(-c3ccc4c(c3)CCCC4)cs2)c(Br)c1. The van der Waals surface area contributed by atoms with Gasteiger partial charge in [0, 0.05) is 10.9 Å². The Labute approximate surface area is 189 Å². The average Bonchev–Trinajstić information content (AvgIpc) is 3.21. The number of anilines is 1. The fraction of sp³-hybridized carbons (Fsp3) is 0.333. The third-order valence-corrected chi connectivity index (χ3v) is 6.67. The van der Waals surface area contributed by atoms with Crippen LogP contribution in [0.2, 0.25) is 0 Å². The predicted octanol–water partition coefficient (Wildman–Crippen LogP) is 6.42. The Hall–Kier alpha value is -2.18. The van der Waals surface area contributed by atoms with Crippen LogP contribution in [0.3, 0.4) is 0 Å². The second-order valence-corrected chi connectivity index (χ2v) is 9.29. The summed E-state index contributed by atoms with van der Waals surface area (Å²) >= 11 is 4.96. The van der Waals surface area contributed by atoms with Crippen molar-refractivity contribution in [3.63, 3.8) is 0 Å². The molecule has 6 heteroatoms. The number of hydrogen-bond donors (Lipinski definition) is 1. The Kier molecular flexibility index (Phi) is 6.85. The number of amides is 1. The van der Waals surface area contributed by atoms with E-state index in [0.29, 0.717) is 10.9 Å². The number of nitrogens with one attached hydrogen (secondary N) is 1. The van der Waals surface area contributed by atoms with Gasteiger partial charge in [0.15, 0.2) is 11.7 Å². The standard InChI is InChI=1S/C24H25BrN2O2S/c1-2-5-16-8-11-22(20(25)12-16)29-14-23(28)27-24-26-21(15-30-24)19-10-9-17-6-3-4-7-18(17)13-19/h8-13,15H,2-7,14H2,1H3,(H,26,27,28). The van der Waals surface area contributed by atoms with Gasteiger partial charge in [-0.25, -0.2) is 4.98 Å². The summed E-state index contributed by atoms with van der Waals surface area (Å²) in [7, 11) is 0. The maximum absolute atomic E-state index is 12.3. The molecule has 0 aliphatic heterocycles. The zero-order valence-electron chi connectivity index (χ0n) is 17.0. The van der Waals surface area contributed by atoms with Crippen LogP contribution in [0.4, 0.5) is 5.13 Å². The van der Waals surface area contributed by atoms with Crippen molar-refractivity contribution in [1.82, 2.24) is 4.98 Å². The molecule has 0 radical (unpaired) electrons. The highest BCUT2D eigenvalue weighted by Gasteiger charge is 2.13. The van der Waals surface area contributed by atoms with E-state index in [9.17, 15) is 4.79 Å². The maximum atomic E-state index is 12.3. The molecule has 0 atom stereocenters. The van der Waals surface area contributed by atoms with Gasteiger partial charge in [-0.15, -0.1) is 11.3 Å². The fourth-order valence-corrected chi connectivity index (χ4v) is 5.04. The summed E-state index contributed by atoms with van der Waals surface area (Å²) in [6.07, 6.45) is 6.97. The zero-order chi connectivity index (χ0) is 20.9. The zero-order valence-corrected chi connectivity index (χ0v) is 19.4. The lowest BCUT2D eigenvalue weighted by Gasteiger charge is -2.16. The number of aromatic nitrogens is 1. The molecule has 0 spiro atoms. The normalized spacial score (nSPS) is 13.0. The molecule has 0 saturated carbocycles. The van der Waals surface area contributed by atoms with Crippen LogP contribution in [0.5, 0.6) is 5.75 Å². The van der Waals surface area contributed by atoms with Gasteiger partial charge in [-0.1, -0.05) is 31.5 Å². The minimum absolute atomic E-state index is 0.0561. The van der Waals surface area contributed by atoms with Gasteiger partial charge in [0.25, 0.3) is 5.91 Å². The molecule has 1 aromatic heterocycles. The molecule has 1 N–H and O–H groups in total. The third-order valence-electron chi connectivity index (χ3n) is 5.29. The third kappa shape index (κ3) is 5.10. The lowest BCUT2D eigenvalue weighted by atomic mass is 9.90. The first-order valence-electron chi connectivity index (χ1n) is 10.4. The molecular formula is C24H25BrN2O2S. The number of fused-ring (bicyclic) bond motifs is 1. The topological polar surface area (TPSA) is 51.2 Å². The molecule has 0 unspecified atom stereocenters. The number of thiazole rings is 1. The highest BCUT2D eigenvalue weighted by Crippen LogP contribution is 2.30. The summed E-state index contributed by atoms with van der Waals surface area (Å²) in [5.41, 5.74) is 6.15. The van der Waals surface area contributed by atoms with E-state index in [2.05, 4.69) is 51.4 Å².